The summed E-state index contributed by atoms with van der Waals surface area (Å²) in [5, 5.41) is 12.1. The smallest absolute Gasteiger partial charge is 0.167 e. The SMILES string of the molecule is COc1cc(OC)c2c(O)c3c(cc2c1)CC(C)(C)CC3=O. The maximum absolute atomic E-state index is 12.5. The molecular weight excluding hydrogens is 280 g/mol. The van der Waals surface area contributed by atoms with Crippen molar-refractivity contribution in [3.05, 3.63) is 29.3 Å². The number of carbonyl (C=O) groups excluding carboxylic acids is 1. The van der Waals surface area contributed by atoms with E-state index in [2.05, 4.69) is 13.8 Å². The van der Waals surface area contributed by atoms with Gasteiger partial charge in [0.25, 0.3) is 0 Å². The summed E-state index contributed by atoms with van der Waals surface area (Å²) >= 11 is 0. The van der Waals surface area contributed by atoms with Gasteiger partial charge in [-0.3, -0.25) is 4.79 Å². The maximum Gasteiger partial charge on any atom is 0.167 e. The van der Waals surface area contributed by atoms with Gasteiger partial charge in [-0.1, -0.05) is 13.8 Å². The summed E-state index contributed by atoms with van der Waals surface area (Å²) in [4.78, 5) is 12.5. The van der Waals surface area contributed by atoms with E-state index in [1.807, 2.05) is 12.1 Å². The van der Waals surface area contributed by atoms with Crippen molar-refractivity contribution < 1.29 is 19.4 Å². The molecule has 0 aliphatic heterocycles. The van der Waals surface area contributed by atoms with E-state index in [1.54, 1.807) is 13.2 Å². The van der Waals surface area contributed by atoms with Crippen LogP contribution >= 0.6 is 0 Å². The highest BCUT2D eigenvalue weighted by molar-refractivity contribution is 6.09. The molecule has 4 heteroatoms. The highest BCUT2D eigenvalue weighted by Crippen LogP contribution is 2.45. The number of fused-ring (bicyclic) bond motifs is 2. The summed E-state index contributed by atoms with van der Waals surface area (Å²) in [5.74, 6) is 1.17. The number of hydrogen-bond donors (Lipinski definition) is 1. The van der Waals surface area contributed by atoms with Crippen LogP contribution in [0.3, 0.4) is 0 Å². The van der Waals surface area contributed by atoms with Crippen molar-refractivity contribution in [3.8, 4) is 17.2 Å². The number of ether oxygens (including phenoxy) is 2. The van der Waals surface area contributed by atoms with Gasteiger partial charge in [-0.15, -0.1) is 0 Å². The summed E-state index contributed by atoms with van der Waals surface area (Å²) in [6.07, 6.45) is 1.20. The lowest BCUT2D eigenvalue weighted by Gasteiger charge is -2.31. The van der Waals surface area contributed by atoms with Gasteiger partial charge in [-0.25, -0.2) is 0 Å². The molecule has 0 bridgehead atoms. The van der Waals surface area contributed by atoms with Gasteiger partial charge < -0.3 is 14.6 Å². The fourth-order valence-electron chi connectivity index (χ4n) is 3.35. The highest BCUT2D eigenvalue weighted by Gasteiger charge is 2.34. The topological polar surface area (TPSA) is 55.8 Å². The monoisotopic (exact) mass is 300 g/mol. The van der Waals surface area contributed by atoms with Gasteiger partial charge in [-0.2, -0.15) is 0 Å². The average molecular weight is 300 g/mol. The second-order valence-corrected chi connectivity index (χ2v) is 6.63. The Kier molecular flexibility index (Phi) is 3.28. The highest BCUT2D eigenvalue weighted by atomic mass is 16.5. The molecule has 0 amide bonds. The Morgan fingerprint density at radius 3 is 2.45 bits per heavy atom. The molecule has 0 saturated carbocycles. The third kappa shape index (κ3) is 2.19. The van der Waals surface area contributed by atoms with E-state index >= 15 is 0 Å². The lowest BCUT2D eigenvalue weighted by molar-refractivity contribution is 0.0909. The van der Waals surface area contributed by atoms with Crippen LogP contribution in [0.15, 0.2) is 18.2 Å². The molecule has 116 valence electrons. The number of Topliss-reactive ketones (excluding diaryl/α,β-unsaturated/α-hetero) is 1. The predicted molar refractivity (Wildman–Crippen MR) is 85.1 cm³/mol. The Labute approximate surface area is 129 Å². The maximum atomic E-state index is 12.5. The van der Waals surface area contributed by atoms with Crippen molar-refractivity contribution in [2.45, 2.75) is 26.7 Å². The first-order valence-electron chi connectivity index (χ1n) is 7.30. The Hall–Kier alpha value is -2.23. The van der Waals surface area contributed by atoms with Crippen molar-refractivity contribution in [3.63, 3.8) is 0 Å². The quantitative estimate of drug-likeness (QED) is 0.918. The summed E-state index contributed by atoms with van der Waals surface area (Å²) in [7, 11) is 3.13. The number of ketones is 1. The molecule has 0 aromatic heterocycles. The Bertz CT molecular complexity index is 774. The van der Waals surface area contributed by atoms with Crippen LogP contribution in [0.25, 0.3) is 10.8 Å². The van der Waals surface area contributed by atoms with Crippen molar-refractivity contribution in [1.29, 1.82) is 0 Å². The van der Waals surface area contributed by atoms with Gasteiger partial charge in [0.15, 0.2) is 5.78 Å². The number of carbonyl (C=O) groups is 1. The molecule has 22 heavy (non-hydrogen) atoms. The van der Waals surface area contributed by atoms with Crippen LogP contribution in [0.4, 0.5) is 0 Å². The third-order valence-corrected chi connectivity index (χ3v) is 4.27. The lowest BCUT2D eigenvalue weighted by Crippen LogP contribution is -2.27. The molecule has 1 N–H and O–H groups in total. The summed E-state index contributed by atoms with van der Waals surface area (Å²) < 4.78 is 10.6. The summed E-state index contributed by atoms with van der Waals surface area (Å²) in [6, 6.07) is 5.53. The minimum absolute atomic E-state index is 0.0106. The van der Waals surface area contributed by atoms with E-state index in [1.165, 1.54) is 7.11 Å². The van der Waals surface area contributed by atoms with Gasteiger partial charge >= 0.3 is 0 Å². The number of phenols is 1. The van der Waals surface area contributed by atoms with Crippen LogP contribution in [0.1, 0.15) is 36.2 Å². The van der Waals surface area contributed by atoms with Crippen molar-refractivity contribution >= 4 is 16.6 Å². The number of aromatic hydroxyl groups is 1. The van der Waals surface area contributed by atoms with E-state index in [0.29, 0.717) is 28.9 Å². The number of benzene rings is 2. The van der Waals surface area contributed by atoms with Crippen molar-refractivity contribution in [2.24, 2.45) is 5.41 Å². The van der Waals surface area contributed by atoms with Crippen LogP contribution in [0.5, 0.6) is 17.2 Å². The standard InChI is InChI=1S/C18H20O4/c1-18(2)8-11-5-10-6-12(21-3)7-14(22-4)16(10)17(20)15(11)13(19)9-18/h5-7,20H,8-9H2,1-4H3. The van der Waals surface area contributed by atoms with E-state index in [-0.39, 0.29) is 16.9 Å². The molecule has 0 unspecified atom stereocenters. The molecule has 3 rings (SSSR count). The van der Waals surface area contributed by atoms with E-state index in [4.69, 9.17) is 9.47 Å². The number of hydrogen-bond acceptors (Lipinski definition) is 4. The lowest BCUT2D eigenvalue weighted by atomic mass is 9.73. The Morgan fingerprint density at radius 2 is 1.82 bits per heavy atom. The third-order valence-electron chi connectivity index (χ3n) is 4.27. The van der Waals surface area contributed by atoms with Crippen LogP contribution in [0, 0.1) is 5.41 Å². The fourth-order valence-corrected chi connectivity index (χ4v) is 3.35. The number of phenolic OH excluding ortho intramolecular Hbond substituents is 1. The van der Waals surface area contributed by atoms with Gasteiger partial charge in [-0.05, 0) is 34.9 Å². The zero-order chi connectivity index (χ0) is 16.1. The molecular formula is C18H20O4. The van der Waals surface area contributed by atoms with Gasteiger partial charge in [0.05, 0.1) is 25.2 Å². The van der Waals surface area contributed by atoms with Gasteiger partial charge in [0, 0.05) is 12.5 Å². The second kappa shape index (κ2) is 4.90. The van der Waals surface area contributed by atoms with Crippen LogP contribution < -0.4 is 9.47 Å². The fraction of sp³-hybridized carbons (Fsp3) is 0.389. The first-order chi connectivity index (χ1) is 10.4. The minimum atomic E-state index is -0.0901. The summed E-state index contributed by atoms with van der Waals surface area (Å²) in [5.41, 5.74) is 1.24. The molecule has 0 radical (unpaired) electrons. The Morgan fingerprint density at radius 1 is 1.09 bits per heavy atom. The molecule has 1 aliphatic rings. The van der Waals surface area contributed by atoms with Crippen molar-refractivity contribution in [2.75, 3.05) is 14.2 Å². The molecule has 4 nitrogen and oxygen atoms in total. The van der Waals surface area contributed by atoms with E-state index in [0.717, 1.165) is 17.4 Å². The van der Waals surface area contributed by atoms with Crippen molar-refractivity contribution in [1.82, 2.24) is 0 Å². The molecule has 1 aliphatic carbocycles. The van der Waals surface area contributed by atoms with Crippen LogP contribution in [-0.4, -0.2) is 25.1 Å². The van der Waals surface area contributed by atoms with E-state index in [9.17, 15) is 9.90 Å². The molecule has 2 aromatic rings. The van der Waals surface area contributed by atoms with Gasteiger partial charge in [0.1, 0.15) is 17.2 Å². The summed E-state index contributed by atoms with van der Waals surface area (Å²) in [6.45, 7) is 4.14. The van der Waals surface area contributed by atoms with Gasteiger partial charge in [0.2, 0.25) is 0 Å². The van der Waals surface area contributed by atoms with E-state index < -0.39 is 0 Å². The second-order valence-electron chi connectivity index (χ2n) is 6.63. The average Bonchev–Trinajstić information content (AvgIpc) is 2.43. The number of rotatable bonds is 2. The van der Waals surface area contributed by atoms with Crippen LogP contribution in [0.2, 0.25) is 0 Å². The normalized spacial score (nSPS) is 16.5. The molecule has 2 aromatic carbocycles. The molecule has 0 heterocycles. The molecule has 0 fully saturated rings. The van der Waals surface area contributed by atoms with Crippen LogP contribution in [-0.2, 0) is 6.42 Å². The Balaban J connectivity index is 2.36. The minimum Gasteiger partial charge on any atom is -0.506 e. The first-order valence-corrected chi connectivity index (χ1v) is 7.30. The zero-order valence-electron chi connectivity index (χ0n) is 13.3. The number of methoxy groups -OCH3 is 2. The molecule has 0 atom stereocenters. The zero-order valence-corrected chi connectivity index (χ0v) is 13.3. The molecule has 0 spiro atoms. The molecule has 0 saturated heterocycles. The largest absolute Gasteiger partial charge is 0.506 e. The first kappa shape index (κ1) is 14.7. The predicted octanol–water partition coefficient (Wildman–Crippen LogP) is 3.72.